The van der Waals surface area contributed by atoms with Crippen LogP contribution >= 0.6 is 8.17 Å². The van der Waals surface area contributed by atoms with E-state index in [0.717, 1.165) is 6.92 Å². The maximum absolute atomic E-state index is 13.9. The molecule has 2 fully saturated rings. The molecule has 0 aromatic carbocycles. The molecule has 0 saturated carbocycles. The Morgan fingerprint density at radius 1 is 0.687 bits per heavy atom. The van der Waals surface area contributed by atoms with E-state index >= 15 is 0 Å². The Balaban J connectivity index is 2.68. The van der Waals surface area contributed by atoms with E-state index < -0.39 is 173 Å². The van der Waals surface area contributed by atoms with Gasteiger partial charge in [0.05, 0.1) is 18.9 Å². The average molecular weight is 991 g/mol. The summed E-state index contributed by atoms with van der Waals surface area (Å²) in [5.74, 6) is -5.88. The number of ether oxygens (including phenoxy) is 8. The van der Waals surface area contributed by atoms with Crippen LogP contribution in [0.5, 0.6) is 0 Å². The van der Waals surface area contributed by atoms with Gasteiger partial charge in [0.2, 0.25) is 5.91 Å². The topological polar surface area (TPSA) is 368 Å². The van der Waals surface area contributed by atoms with Gasteiger partial charge in [-0.05, 0) is 12.8 Å². The first kappa shape index (κ1) is 59.4. The number of hydrogen-bond donors (Lipinski definition) is 9. The minimum absolute atomic E-state index is 0.0222. The van der Waals surface area contributed by atoms with E-state index in [0.29, 0.717) is 0 Å². The summed E-state index contributed by atoms with van der Waals surface area (Å²) in [6, 6.07) is 0. The Bertz CT molecular complexity index is 1670. The molecular weight excluding hydrogens is 919 g/mol. The number of amides is 2. The van der Waals surface area contributed by atoms with Crippen LogP contribution < -0.4 is 10.6 Å². The molecule has 388 valence electrons. The van der Waals surface area contributed by atoms with Crippen molar-refractivity contribution in [1.82, 2.24) is 10.6 Å². The Kier molecular flexibility index (Phi) is 23.8. The number of nitrogens with one attached hydrogen (secondary N) is 2. The van der Waals surface area contributed by atoms with E-state index in [2.05, 4.69) is 10.6 Å². The summed E-state index contributed by atoms with van der Waals surface area (Å²) in [6.07, 6.45) is -21.1. The smallest absolute Gasteiger partial charge is 0.393 e. The molecule has 2 aliphatic heterocycles. The van der Waals surface area contributed by atoms with Crippen molar-refractivity contribution in [3.05, 3.63) is 0 Å². The van der Waals surface area contributed by atoms with Crippen molar-refractivity contribution in [1.29, 1.82) is 0 Å². The van der Waals surface area contributed by atoms with Gasteiger partial charge in [0.15, 0.2) is 0 Å². The van der Waals surface area contributed by atoms with Crippen molar-refractivity contribution in [3.63, 3.8) is 0 Å². The maximum atomic E-state index is 13.9. The third-order valence-corrected chi connectivity index (χ3v) is 11.6. The minimum atomic E-state index is -5.62. The van der Waals surface area contributed by atoms with E-state index in [9.17, 15) is 68.7 Å². The first-order valence-corrected chi connectivity index (χ1v) is 23.9. The number of esters is 5. The molecule has 0 aliphatic carbocycles. The zero-order valence-electron chi connectivity index (χ0n) is 39.4. The quantitative estimate of drug-likeness (QED) is 0.0282. The molecule has 26 heteroatoms. The van der Waals surface area contributed by atoms with E-state index in [-0.39, 0.29) is 32.1 Å². The van der Waals surface area contributed by atoms with Gasteiger partial charge < -0.3 is 9.84 Å². The van der Waals surface area contributed by atoms with Crippen molar-refractivity contribution in [3.8, 4) is 0 Å². The van der Waals surface area contributed by atoms with Gasteiger partial charge >= 0.3 is 294 Å². The molecule has 2 amide bonds. The summed E-state index contributed by atoms with van der Waals surface area (Å²) in [5, 5.41) is 49.2. The van der Waals surface area contributed by atoms with Gasteiger partial charge in [0.25, 0.3) is 0 Å². The van der Waals surface area contributed by atoms with Gasteiger partial charge in [-0.2, -0.15) is 0 Å². The van der Waals surface area contributed by atoms with Crippen molar-refractivity contribution < 1.29 is 111 Å². The zero-order valence-corrected chi connectivity index (χ0v) is 40.4. The fourth-order valence-corrected chi connectivity index (χ4v) is 7.88. The molecule has 9 N–H and O–H groups in total. The molecule has 0 radical (unpaired) electrons. The van der Waals surface area contributed by atoms with Gasteiger partial charge in [-0.25, -0.2) is 0 Å². The van der Waals surface area contributed by atoms with Gasteiger partial charge in [-0.15, -0.1) is 0 Å². The Hall–Kier alpha value is -3.72. The number of rotatable bonds is 26. The third kappa shape index (κ3) is 18.0. The molecule has 0 bridgehead atoms. The molecule has 2 heterocycles. The van der Waals surface area contributed by atoms with E-state index in [1.807, 2.05) is 0 Å². The molecule has 2 saturated heterocycles. The van der Waals surface area contributed by atoms with Gasteiger partial charge in [-0.3, -0.25) is 14.4 Å². The second kappa shape index (κ2) is 26.9. The summed E-state index contributed by atoms with van der Waals surface area (Å²) < 4.78 is 50.0. The third-order valence-electron chi connectivity index (χ3n) is 11.0. The van der Waals surface area contributed by atoms with Crippen molar-refractivity contribution >= 4 is 49.8 Å². The summed E-state index contributed by atoms with van der Waals surface area (Å²) in [5.41, 5.74) is -4.40. The van der Waals surface area contributed by atoms with Gasteiger partial charge in [0, 0.05) is 6.42 Å². The number of aliphatic hydroxyl groups excluding tert-OH is 4. The van der Waals surface area contributed by atoms with Crippen LogP contribution in [0.1, 0.15) is 120 Å². The van der Waals surface area contributed by atoms with Crippen LogP contribution in [0.15, 0.2) is 0 Å². The van der Waals surface area contributed by atoms with Crippen molar-refractivity contribution in [2.75, 3.05) is 13.2 Å². The summed E-state index contributed by atoms with van der Waals surface area (Å²) in [7, 11) is -5.62. The molecular formula is C41H71N2O23P. The van der Waals surface area contributed by atoms with Crippen LogP contribution in [0.25, 0.3) is 0 Å². The first-order valence-electron chi connectivity index (χ1n) is 22.2. The Labute approximate surface area is 389 Å². The number of hydrogen-bond acceptors (Lipinski definition) is 23. The standard InChI is InChI=1S/C41H71N2O23P/c1-10-23(46)16-33(52)64-36-34(53)27(62-38(54)40(36,8)42-28(47)17-24(11-2)60-30(49)13-4)20-58-39-41(9,43-29(48)18-25(12-3)61-31(50)14-5)37(65-32(51)15-21(6)59-22(7)45)35(26(19-44)63-39)66-67(55,56)57/h21,23-27,34-39,44,46,53-57,67H,10-20H2,1-9H3,(H,42,47)(H,43,48). The van der Waals surface area contributed by atoms with Crippen LogP contribution in [0.4, 0.5) is 0 Å². The molecule has 0 aromatic rings. The molecule has 0 aromatic heterocycles. The SMILES string of the molecule is CCC(=O)OC(CC)CC(=O)NC1(C)C(O)OC(COC2OC(CO)C(O[PH](O)(O)O)C(OC(=O)CC(C)OC(C)=O)C2(C)NC(=O)CC(CC)OC(=O)CC)C(O)C1OC(=O)CC(O)CC. The van der Waals surface area contributed by atoms with Crippen LogP contribution in [0, 0.1) is 0 Å². The van der Waals surface area contributed by atoms with Crippen molar-refractivity contribution in [2.45, 2.75) is 205 Å². The second-order valence-corrected chi connectivity index (χ2v) is 18.1. The fraction of sp³-hybridized carbons (Fsp3) is 0.829. The molecule has 14 atom stereocenters. The number of carbonyl (C=O) groups is 7. The Morgan fingerprint density at radius 2 is 1.19 bits per heavy atom. The number of aliphatic hydroxyl groups is 4. The predicted molar refractivity (Wildman–Crippen MR) is 228 cm³/mol. The van der Waals surface area contributed by atoms with Crippen LogP contribution in [0.2, 0.25) is 0 Å². The minimum Gasteiger partial charge on any atom is -0.393 e. The van der Waals surface area contributed by atoms with Crippen LogP contribution in [0.3, 0.4) is 0 Å². The van der Waals surface area contributed by atoms with E-state index in [4.69, 9.17) is 42.4 Å². The predicted octanol–water partition coefficient (Wildman–Crippen LogP) is -1.11. The van der Waals surface area contributed by atoms with Crippen molar-refractivity contribution in [2.24, 2.45) is 0 Å². The zero-order chi connectivity index (χ0) is 51.0. The molecule has 2 rings (SSSR count). The number of carbonyl (C=O) groups excluding carboxylic acids is 7. The van der Waals surface area contributed by atoms with Crippen LogP contribution in [-0.4, -0.2) is 175 Å². The summed E-state index contributed by atoms with van der Waals surface area (Å²) in [6.45, 7) is 10.8. The normalized spacial score (nSPS) is 29.5. The van der Waals surface area contributed by atoms with E-state index in [1.165, 1.54) is 27.7 Å². The molecule has 25 nitrogen and oxygen atoms in total. The monoisotopic (exact) mass is 990 g/mol. The fourth-order valence-electron chi connectivity index (χ4n) is 7.24. The summed E-state index contributed by atoms with van der Waals surface area (Å²) >= 11 is 0. The average Bonchev–Trinajstić information content (AvgIpc) is 3.23. The Morgan fingerprint density at radius 3 is 1.66 bits per heavy atom. The first-order chi connectivity index (χ1) is 31.2. The van der Waals surface area contributed by atoms with Gasteiger partial charge in [0.1, 0.15) is 6.10 Å². The van der Waals surface area contributed by atoms with E-state index in [1.54, 1.807) is 27.7 Å². The summed E-state index contributed by atoms with van der Waals surface area (Å²) in [4.78, 5) is 120. The van der Waals surface area contributed by atoms with Crippen LogP contribution in [-0.2, 0) is 76.0 Å². The molecule has 67 heavy (non-hydrogen) atoms. The second-order valence-electron chi connectivity index (χ2n) is 16.7. The molecule has 2 aliphatic rings. The van der Waals surface area contributed by atoms with Gasteiger partial charge in [-0.1, -0.05) is 20.8 Å². The molecule has 14 unspecified atom stereocenters. The molecule has 0 spiro atoms.